The van der Waals surface area contributed by atoms with Crippen LogP contribution in [0.5, 0.6) is 0 Å². The highest BCUT2D eigenvalue weighted by atomic mass is 79.9. The van der Waals surface area contributed by atoms with E-state index in [9.17, 15) is 4.79 Å². The van der Waals surface area contributed by atoms with E-state index in [0.29, 0.717) is 6.42 Å². The molecule has 4 aromatic rings. The minimum atomic E-state index is 0.0898. The van der Waals surface area contributed by atoms with Crippen molar-refractivity contribution in [3.8, 4) is 0 Å². The van der Waals surface area contributed by atoms with Crippen molar-refractivity contribution in [2.75, 3.05) is 6.54 Å². The summed E-state index contributed by atoms with van der Waals surface area (Å²) >= 11 is 3.57. The molecule has 0 spiro atoms. The number of nitrogens with zero attached hydrogens (tertiary/aromatic N) is 2. The summed E-state index contributed by atoms with van der Waals surface area (Å²) in [5, 5.41) is 3.04. The molecule has 1 amide bonds. The van der Waals surface area contributed by atoms with E-state index in [0.717, 1.165) is 60.2 Å². The van der Waals surface area contributed by atoms with Crippen LogP contribution in [-0.2, 0) is 24.2 Å². The van der Waals surface area contributed by atoms with Gasteiger partial charge in [0.1, 0.15) is 5.82 Å². The molecule has 1 heterocycles. The maximum absolute atomic E-state index is 12.1. The van der Waals surface area contributed by atoms with Gasteiger partial charge in [-0.05, 0) is 48.2 Å². The number of benzene rings is 3. The Morgan fingerprint density at radius 3 is 2.50 bits per heavy atom. The van der Waals surface area contributed by atoms with E-state index in [1.165, 1.54) is 11.1 Å². The quantitative estimate of drug-likeness (QED) is 0.281. The third kappa shape index (κ3) is 6.07. The van der Waals surface area contributed by atoms with Gasteiger partial charge in [-0.1, -0.05) is 76.9 Å². The lowest BCUT2D eigenvalue weighted by Gasteiger charge is -2.10. The summed E-state index contributed by atoms with van der Waals surface area (Å²) in [6.07, 6.45) is 4.47. The molecule has 0 fully saturated rings. The van der Waals surface area contributed by atoms with Gasteiger partial charge in [-0.25, -0.2) is 4.98 Å². The fourth-order valence-electron chi connectivity index (χ4n) is 3.97. The molecule has 5 heteroatoms. The molecular weight excluding hydrogens is 462 g/mol. The highest BCUT2D eigenvalue weighted by molar-refractivity contribution is 9.10. The molecule has 1 aromatic heterocycles. The Kier molecular flexibility index (Phi) is 7.73. The Bertz CT molecular complexity index is 1170. The lowest BCUT2D eigenvalue weighted by molar-refractivity contribution is -0.120. The number of amides is 1. The van der Waals surface area contributed by atoms with E-state index < -0.39 is 0 Å². The molecule has 0 saturated carbocycles. The average Bonchev–Trinajstić information content (AvgIpc) is 3.14. The number of halogens is 1. The van der Waals surface area contributed by atoms with Crippen LogP contribution in [0.15, 0.2) is 83.3 Å². The zero-order valence-electron chi connectivity index (χ0n) is 18.1. The molecule has 164 valence electrons. The lowest BCUT2D eigenvalue weighted by atomic mass is 10.1. The number of aryl methyl sites for hydroxylation is 1. The van der Waals surface area contributed by atoms with Crippen molar-refractivity contribution >= 4 is 32.9 Å². The number of para-hydroxylation sites is 2. The Balaban J connectivity index is 1.29. The molecule has 0 saturated heterocycles. The number of hydrogen-bond acceptors (Lipinski definition) is 2. The van der Waals surface area contributed by atoms with E-state index in [1.807, 2.05) is 36.4 Å². The fourth-order valence-corrected chi connectivity index (χ4v) is 4.41. The summed E-state index contributed by atoms with van der Waals surface area (Å²) in [6, 6.07) is 26.7. The predicted molar refractivity (Wildman–Crippen MR) is 134 cm³/mol. The highest BCUT2D eigenvalue weighted by Gasteiger charge is 2.11. The molecule has 0 aliphatic carbocycles. The minimum Gasteiger partial charge on any atom is -0.356 e. The summed E-state index contributed by atoms with van der Waals surface area (Å²) in [5.74, 6) is 1.21. The first-order valence-corrected chi connectivity index (χ1v) is 12.0. The molecule has 4 rings (SSSR count). The Hall–Kier alpha value is -2.92. The minimum absolute atomic E-state index is 0.0898. The van der Waals surface area contributed by atoms with Crippen molar-refractivity contribution in [3.05, 3.63) is 100 Å². The third-order valence-corrected chi connectivity index (χ3v) is 6.06. The molecule has 0 unspecified atom stereocenters. The lowest BCUT2D eigenvalue weighted by Crippen LogP contribution is -2.26. The monoisotopic (exact) mass is 489 g/mol. The van der Waals surface area contributed by atoms with Crippen molar-refractivity contribution in [2.24, 2.45) is 0 Å². The largest absolute Gasteiger partial charge is 0.356 e. The summed E-state index contributed by atoms with van der Waals surface area (Å²) in [6.45, 7) is 1.53. The number of imidazole rings is 1. The maximum Gasteiger partial charge on any atom is 0.224 e. The average molecular weight is 490 g/mol. The number of unbranched alkanes of at least 4 members (excludes halogenated alkanes) is 2. The van der Waals surface area contributed by atoms with E-state index in [1.54, 1.807) is 0 Å². The summed E-state index contributed by atoms with van der Waals surface area (Å²) < 4.78 is 3.42. The van der Waals surface area contributed by atoms with Crippen LogP contribution in [0.4, 0.5) is 0 Å². The molecule has 0 radical (unpaired) electrons. The molecule has 0 aliphatic heterocycles. The SMILES string of the molecule is O=C(Cc1ccccc1)NCCCCCc1nc2ccccc2n1Cc1cccc(Br)c1. The molecule has 3 aromatic carbocycles. The second-order valence-corrected chi connectivity index (χ2v) is 8.97. The van der Waals surface area contributed by atoms with Crippen molar-refractivity contribution in [3.63, 3.8) is 0 Å². The van der Waals surface area contributed by atoms with Crippen LogP contribution in [0.3, 0.4) is 0 Å². The van der Waals surface area contributed by atoms with Crippen molar-refractivity contribution in [1.82, 2.24) is 14.9 Å². The smallest absolute Gasteiger partial charge is 0.224 e. The van der Waals surface area contributed by atoms with Crippen LogP contribution in [0.2, 0.25) is 0 Å². The first-order chi connectivity index (χ1) is 15.7. The number of fused-ring (bicyclic) bond motifs is 1. The molecule has 0 atom stereocenters. The topological polar surface area (TPSA) is 46.9 Å². The van der Waals surface area contributed by atoms with Gasteiger partial charge < -0.3 is 9.88 Å². The number of carbonyl (C=O) groups excluding carboxylic acids is 1. The van der Waals surface area contributed by atoms with Gasteiger partial charge in [0.25, 0.3) is 0 Å². The molecule has 0 bridgehead atoms. The predicted octanol–water partition coefficient (Wildman–Crippen LogP) is 5.92. The van der Waals surface area contributed by atoms with E-state index in [-0.39, 0.29) is 5.91 Å². The standard InChI is InChI=1S/C27H28BrN3O/c28-23-13-9-12-22(18-23)20-31-25-15-7-6-14-24(25)30-26(31)16-5-2-8-17-29-27(32)19-21-10-3-1-4-11-21/h1,3-4,6-7,9-15,18H,2,5,8,16-17,19-20H2,(H,29,32). The van der Waals surface area contributed by atoms with Crippen LogP contribution >= 0.6 is 15.9 Å². The third-order valence-electron chi connectivity index (χ3n) is 5.57. The van der Waals surface area contributed by atoms with Gasteiger partial charge in [0.05, 0.1) is 17.5 Å². The summed E-state index contributed by atoms with van der Waals surface area (Å²) in [7, 11) is 0. The second-order valence-electron chi connectivity index (χ2n) is 8.06. The summed E-state index contributed by atoms with van der Waals surface area (Å²) in [5.41, 5.74) is 4.53. The van der Waals surface area contributed by atoms with Gasteiger partial charge in [0.15, 0.2) is 0 Å². The number of hydrogen-bond donors (Lipinski definition) is 1. The number of aromatic nitrogens is 2. The molecular formula is C27H28BrN3O. The van der Waals surface area contributed by atoms with Crippen molar-refractivity contribution < 1.29 is 4.79 Å². The molecule has 32 heavy (non-hydrogen) atoms. The Labute approximate surface area is 197 Å². The van der Waals surface area contributed by atoms with Gasteiger partial charge >= 0.3 is 0 Å². The van der Waals surface area contributed by atoms with Crippen LogP contribution in [-0.4, -0.2) is 22.0 Å². The number of rotatable bonds is 10. The van der Waals surface area contributed by atoms with Crippen molar-refractivity contribution in [1.29, 1.82) is 0 Å². The van der Waals surface area contributed by atoms with Crippen molar-refractivity contribution in [2.45, 2.75) is 38.6 Å². The first-order valence-electron chi connectivity index (χ1n) is 11.2. The van der Waals surface area contributed by atoms with Gasteiger partial charge in [-0.15, -0.1) is 0 Å². The zero-order valence-corrected chi connectivity index (χ0v) is 19.7. The van der Waals surface area contributed by atoms with Gasteiger partial charge in [-0.3, -0.25) is 4.79 Å². The Morgan fingerprint density at radius 2 is 1.66 bits per heavy atom. The fraction of sp³-hybridized carbons (Fsp3) is 0.259. The van der Waals surface area contributed by atoms with Crippen LogP contribution in [0.1, 0.15) is 36.2 Å². The number of carbonyl (C=O) groups is 1. The van der Waals surface area contributed by atoms with E-state index in [2.05, 4.69) is 68.3 Å². The zero-order chi connectivity index (χ0) is 22.2. The van der Waals surface area contributed by atoms with Gasteiger partial charge in [0, 0.05) is 24.0 Å². The Morgan fingerprint density at radius 1 is 0.875 bits per heavy atom. The van der Waals surface area contributed by atoms with Crippen LogP contribution in [0, 0.1) is 0 Å². The first kappa shape index (κ1) is 22.3. The normalized spacial score (nSPS) is 11.0. The van der Waals surface area contributed by atoms with Gasteiger partial charge in [-0.2, -0.15) is 0 Å². The van der Waals surface area contributed by atoms with Gasteiger partial charge in [0.2, 0.25) is 5.91 Å². The van der Waals surface area contributed by atoms with E-state index in [4.69, 9.17) is 4.98 Å². The summed E-state index contributed by atoms with van der Waals surface area (Å²) in [4.78, 5) is 17.0. The highest BCUT2D eigenvalue weighted by Crippen LogP contribution is 2.21. The molecule has 4 nitrogen and oxygen atoms in total. The van der Waals surface area contributed by atoms with E-state index >= 15 is 0 Å². The van der Waals surface area contributed by atoms with Crippen LogP contribution in [0.25, 0.3) is 11.0 Å². The molecule has 1 N–H and O–H groups in total. The number of nitrogens with one attached hydrogen (secondary N) is 1. The molecule has 0 aliphatic rings. The second kappa shape index (κ2) is 11.1. The van der Waals surface area contributed by atoms with Crippen LogP contribution < -0.4 is 5.32 Å². The maximum atomic E-state index is 12.1.